The number of nitrogens with one attached hydrogen (secondary N) is 1. The number of aryl methyl sites for hydroxylation is 3. The molecule has 0 bridgehead atoms. The number of carbonyl (C=O) groups is 1. The largest absolute Gasteiger partial charge is 0.320 e. The third kappa shape index (κ3) is 2.88. The van der Waals surface area contributed by atoms with Gasteiger partial charge in [0.1, 0.15) is 11.3 Å². The van der Waals surface area contributed by atoms with Crippen molar-refractivity contribution in [2.75, 3.05) is 5.32 Å². The first kappa shape index (κ1) is 15.7. The van der Waals surface area contributed by atoms with Gasteiger partial charge in [-0.05, 0) is 59.5 Å². The van der Waals surface area contributed by atoms with E-state index < -0.39 is 0 Å². The van der Waals surface area contributed by atoms with Crippen LogP contribution in [0.5, 0.6) is 0 Å². The Morgan fingerprint density at radius 3 is 2.70 bits per heavy atom. The van der Waals surface area contributed by atoms with E-state index in [1.807, 2.05) is 61.7 Å². The van der Waals surface area contributed by atoms with Crippen LogP contribution in [0.15, 0.2) is 41.0 Å². The molecule has 0 atom stereocenters. The van der Waals surface area contributed by atoms with Gasteiger partial charge in [0.15, 0.2) is 0 Å². The molecule has 4 nitrogen and oxygen atoms in total. The summed E-state index contributed by atoms with van der Waals surface area (Å²) >= 11 is 3.50. The Kier molecular flexibility index (Phi) is 4.22. The molecule has 118 valence electrons. The van der Waals surface area contributed by atoms with E-state index in [1.54, 1.807) is 0 Å². The Balaban J connectivity index is 2.11. The predicted octanol–water partition coefficient (Wildman–Crippen LogP) is 4.53. The summed E-state index contributed by atoms with van der Waals surface area (Å²) in [6.45, 7) is 5.98. The van der Waals surface area contributed by atoms with Crippen LogP contribution in [0.25, 0.3) is 5.65 Å². The molecule has 0 unspecified atom stereocenters. The van der Waals surface area contributed by atoms with Crippen molar-refractivity contribution in [3.8, 4) is 0 Å². The molecule has 0 fully saturated rings. The minimum atomic E-state index is -0.138. The third-order valence-electron chi connectivity index (χ3n) is 3.89. The van der Waals surface area contributed by atoms with Crippen molar-refractivity contribution < 1.29 is 4.79 Å². The second-order valence-electron chi connectivity index (χ2n) is 5.56. The number of carbonyl (C=O) groups excluding carboxylic acids is 1. The number of rotatable bonds is 3. The Morgan fingerprint density at radius 2 is 2.00 bits per heavy atom. The van der Waals surface area contributed by atoms with E-state index in [-0.39, 0.29) is 5.91 Å². The van der Waals surface area contributed by atoms with Gasteiger partial charge in [0, 0.05) is 16.4 Å². The summed E-state index contributed by atoms with van der Waals surface area (Å²) in [6.07, 6.45) is 2.59. The summed E-state index contributed by atoms with van der Waals surface area (Å²) in [6, 6.07) is 9.76. The number of hydrogen-bond acceptors (Lipinski definition) is 2. The molecule has 0 aliphatic carbocycles. The molecule has 1 N–H and O–H groups in total. The van der Waals surface area contributed by atoms with E-state index in [0.29, 0.717) is 12.1 Å². The van der Waals surface area contributed by atoms with Gasteiger partial charge in [-0.1, -0.05) is 25.1 Å². The maximum absolute atomic E-state index is 12.9. The number of halogens is 1. The molecule has 0 aliphatic rings. The molecular weight excluding hydrogens is 354 g/mol. The fraction of sp³-hybridized carbons (Fsp3) is 0.222. The van der Waals surface area contributed by atoms with E-state index in [4.69, 9.17) is 0 Å². The number of benzene rings is 1. The predicted molar refractivity (Wildman–Crippen MR) is 96.1 cm³/mol. The highest BCUT2D eigenvalue weighted by Crippen LogP contribution is 2.23. The number of amides is 1. The maximum atomic E-state index is 12.9. The molecule has 0 saturated carbocycles. The van der Waals surface area contributed by atoms with Crippen molar-refractivity contribution in [3.63, 3.8) is 0 Å². The number of aromatic nitrogens is 2. The van der Waals surface area contributed by atoms with Gasteiger partial charge >= 0.3 is 0 Å². The van der Waals surface area contributed by atoms with Crippen LogP contribution < -0.4 is 5.32 Å². The lowest BCUT2D eigenvalue weighted by Crippen LogP contribution is -2.17. The molecule has 1 aromatic carbocycles. The number of nitrogens with zero attached hydrogens (tertiary/aromatic N) is 2. The highest BCUT2D eigenvalue weighted by Gasteiger charge is 2.20. The average Bonchev–Trinajstić information content (AvgIpc) is 2.88. The number of para-hydroxylation sites is 1. The molecule has 23 heavy (non-hydrogen) atoms. The Bertz CT molecular complexity index is 899. The summed E-state index contributed by atoms with van der Waals surface area (Å²) in [5.74, 6) is -0.138. The van der Waals surface area contributed by atoms with Crippen molar-refractivity contribution in [1.29, 1.82) is 0 Å². The molecule has 1 amide bonds. The Morgan fingerprint density at radius 1 is 1.26 bits per heavy atom. The number of pyridine rings is 1. The van der Waals surface area contributed by atoms with E-state index in [1.165, 1.54) is 0 Å². The number of anilines is 1. The van der Waals surface area contributed by atoms with Gasteiger partial charge in [0.25, 0.3) is 5.91 Å². The van der Waals surface area contributed by atoms with Gasteiger partial charge in [-0.3, -0.25) is 9.20 Å². The zero-order valence-corrected chi connectivity index (χ0v) is 14.9. The van der Waals surface area contributed by atoms with Crippen LogP contribution in [0, 0.1) is 13.8 Å². The number of fused-ring (bicyclic) bond motifs is 1. The Labute approximate surface area is 143 Å². The molecule has 3 aromatic rings. The minimum Gasteiger partial charge on any atom is -0.320 e. The first-order valence-corrected chi connectivity index (χ1v) is 8.34. The third-order valence-corrected chi connectivity index (χ3v) is 4.32. The van der Waals surface area contributed by atoms with Crippen LogP contribution in [0.3, 0.4) is 0 Å². The smallest absolute Gasteiger partial charge is 0.274 e. The van der Waals surface area contributed by atoms with Crippen LogP contribution in [-0.2, 0) is 6.42 Å². The van der Waals surface area contributed by atoms with Crippen molar-refractivity contribution in [3.05, 3.63) is 63.5 Å². The van der Waals surface area contributed by atoms with E-state index in [0.717, 1.165) is 32.6 Å². The van der Waals surface area contributed by atoms with Crippen LogP contribution in [0.4, 0.5) is 5.69 Å². The number of imidazole rings is 1. The van der Waals surface area contributed by atoms with Crippen molar-refractivity contribution in [1.82, 2.24) is 9.38 Å². The quantitative estimate of drug-likeness (QED) is 0.734. The molecule has 0 spiro atoms. The standard InChI is InChI=1S/C18H18BrN3O/c1-4-14-16(18(23)21-15-8-6-5-7-11(15)2)22-10-13(19)9-12(3)17(22)20-14/h5-10H,4H2,1-3H3,(H,21,23). The molecule has 5 heteroatoms. The number of hydrogen-bond donors (Lipinski definition) is 1. The highest BCUT2D eigenvalue weighted by atomic mass is 79.9. The molecule has 2 aromatic heterocycles. The molecule has 2 heterocycles. The molecule has 0 saturated heterocycles. The maximum Gasteiger partial charge on any atom is 0.274 e. The van der Waals surface area contributed by atoms with Gasteiger partial charge in [-0.15, -0.1) is 0 Å². The fourth-order valence-corrected chi connectivity index (χ4v) is 3.25. The summed E-state index contributed by atoms with van der Waals surface area (Å²) in [4.78, 5) is 17.5. The van der Waals surface area contributed by atoms with Crippen LogP contribution in [-0.4, -0.2) is 15.3 Å². The SMILES string of the molecule is CCc1nc2c(C)cc(Br)cn2c1C(=O)Nc1ccccc1C. The molecule has 0 radical (unpaired) electrons. The second-order valence-corrected chi connectivity index (χ2v) is 6.48. The minimum absolute atomic E-state index is 0.138. The lowest BCUT2D eigenvalue weighted by Gasteiger charge is -2.09. The van der Waals surface area contributed by atoms with Crippen LogP contribution in [0.2, 0.25) is 0 Å². The lowest BCUT2D eigenvalue weighted by molar-refractivity contribution is 0.102. The van der Waals surface area contributed by atoms with Crippen LogP contribution in [0.1, 0.15) is 34.2 Å². The summed E-state index contributed by atoms with van der Waals surface area (Å²) in [5, 5.41) is 3.00. The Hall–Kier alpha value is -2.14. The summed E-state index contributed by atoms with van der Waals surface area (Å²) in [7, 11) is 0. The van der Waals surface area contributed by atoms with Gasteiger partial charge in [0.2, 0.25) is 0 Å². The molecular formula is C18H18BrN3O. The van der Waals surface area contributed by atoms with Crippen molar-refractivity contribution in [2.24, 2.45) is 0 Å². The van der Waals surface area contributed by atoms with Crippen molar-refractivity contribution >= 4 is 33.2 Å². The van der Waals surface area contributed by atoms with E-state index in [9.17, 15) is 4.79 Å². The van der Waals surface area contributed by atoms with Gasteiger partial charge in [0.05, 0.1) is 5.69 Å². The molecule has 0 aliphatic heterocycles. The topological polar surface area (TPSA) is 46.4 Å². The lowest BCUT2D eigenvalue weighted by atomic mass is 10.2. The summed E-state index contributed by atoms with van der Waals surface area (Å²) in [5.41, 5.74) is 5.10. The zero-order chi connectivity index (χ0) is 16.6. The first-order chi connectivity index (χ1) is 11.0. The van der Waals surface area contributed by atoms with Gasteiger partial charge < -0.3 is 5.32 Å². The van der Waals surface area contributed by atoms with E-state index >= 15 is 0 Å². The second kappa shape index (κ2) is 6.16. The monoisotopic (exact) mass is 371 g/mol. The normalized spacial score (nSPS) is 11.0. The van der Waals surface area contributed by atoms with Gasteiger partial charge in [-0.25, -0.2) is 4.98 Å². The molecule has 3 rings (SSSR count). The highest BCUT2D eigenvalue weighted by molar-refractivity contribution is 9.10. The zero-order valence-electron chi connectivity index (χ0n) is 13.4. The van der Waals surface area contributed by atoms with Crippen LogP contribution >= 0.6 is 15.9 Å². The van der Waals surface area contributed by atoms with Crippen molar-refractivity contribution in [2.45, 2.75) is 27.2 Å². The van der Waals surface area contributed by atoms with E-state index in [2.05, 4.69) is 26.2 Å². The summed E-state index contributed by atoms with van der Waals surface area (Å²) < 4.78 is 2.79. The first-order valence-electron chi connectivity index (χ1n) is 7.55. The average molecular weight is 372 g/mol. The van der Waals surface area contributed by atoms with Gasteiger partial charge in [-0.2, -0.15) is 0 Å². The fourth-order valence-electron chi connectivity index (χ4n) is 2.70.